The maximum atomic E-state index is 12.5. The highest BCUT2D eigenvalue weighted by Gasteiger charge is 2.15. The zero-order valence-corrected chi connectivity index (χ0v) is 17.5. The number of anilines is 3. The number of ether oxygens (including phenoxy) is 1. The molecule has 3 aromatic rings. The molecule has 0 radical (unpaired) electrons. The van der Waals surface area contributed by atoms with Crippen LogP contribution in [0.25, 0.3) is 0 Å². The van der Waals surface area contributed by atoms with E-state index in [4.69, 9.17) is 28.6 Å². The van der Waals surface area contributed by atoms with Crippen molar-refractivity contribution >= 4 is 56.1 Å². The SMILES string of the molecule is COc1cc(NS(=O)(=O)c2ccc(NC(=S)Nc3ccccc3Cl)cc2)ncn1. The first-order valence-electron chi connectivity index (χ1n) is 8.19. The highest BCUT2D eigenvalue weighted by atomic mass is 35.5. The number of hydrogen-bond acceptors (Lipinski definition) is 6. The summed E-state index contributed by atoms with van der Waals surface area (Å²) in [6.45, 7) is 0. The molecule has 3 N–H and O–H groups in total. The highest BCUT2D eigenvalue weighted by molar-refractivity contribution is 7.92. The molecule has 0 spiro atoms. The van der Waals surface area contributed by atoms with Gasteiger partial charge >= 0.3 is 0 Å². The smallest absolute Gasteiger partial charge is 0.263 e. The van der Waals surface area contributed by atoms with Crippen LogP contribution in [-0.4, -0.2) is 30.6 Å². The summed E-state index contributed by atoms with van der Waals surface area (Å²) in [5.74, 6) is 0.348. The van der Waals surface area contributed by atoms with Crippen LogP contribution in [0.15, 0.2) is 65.8 Å². The van der Waals surface area contributed by atoms with E-state index in [1.54, 1.807) is 24.3 Å². The number of halogens is 1. The number of rotatable bonds is 6. The molecule has 0 amide bonds. The molecule has 150 valence electrons. The summed E-state index contributed by atoms with van der Waals surface area (Å²) in [5.41, 5.74) is 1.27. The van der Waals surface area contributed by atoms with Crippen LogP contribution < -0.4 is 20.1 Å². The van der Waals surface area contributed by atoms with E-state index >= 15 is 0 Å². The third-order valence-corrected chi connectivity index (χ3v) is 5.54. The molecule has 0 saturated heterocycles. The minimum atomic E-state index is -3.83. The molecule has 11 heteroatoms. The Morgan fingerprint density at radius 1 is 1.07 bits per heavy atom. The topological polar surface area (TPSA) is 105 Å². The van der Waals surface area contributed by atoms with Crippen LogP contribution in [0.1, 0.15) is 0 Å². The summed E-state index contributed by atoms with van der Waals surface area (Å²) >= 11 is 11.3. The lowest BCUT2D eigenvalue weighted by Gasteiger charge is -2.12. The van der Waals surface area contributed by atoms with Gasteiger partial charge < -0.3 is 15.4 Å². The number of hydrogen-bond donors (Lipinski definition) is 3. The van der Waals surface area contributed by atoms with E-state index < -0.39 is 10.0 Å². The molecule has 0 aliphatic rings. The summed E-state index contributed by atoms with van der Waals surface area (Å²) in [4.78, 5) is 7.77. The number of thiocarbonyl (C=S) groups is 1. The fraction of sp³-hybridized carbons (Fsp3) is 0.0556. The first-order valence-corrected chi connectivity index (χ1v) is 10.5. The van der Waals surface area contributed by atoms with E-state index in [9.17, 15) is 8.42 Å². The van der Waals surface area contributed by atoms with Crippen molar-refractivity contribution in [3.05, 3.63) is 65.9 Å². The number of benzene rings is 2. The molecule has 0 unspecified atom stereocenters. The van der Waals surface area contributed by atoms with E-state index in [1.165, 1.54) is 31.6 Å². The average Bonchev–Trinajstić information content (AvgIpc) is 2.70. The van der Waals surface area contributed by atoms with Crippen LogP contribution in [0.2, 0.25) is 5.02 Å². The lowest BCUT2D eigenvalue weighted by Crippen LogP contribution is -2.19. The summed E-state index contributed by atoms with van der Waals surface area (Å²) in [6.07, 6.45) is 1.21. The van der Waals surface area contributed by atoms with Gasteiger partial charge in [-0.25, -0.2) is 18.4 Å². The van der Waals surface area contributed by atoms with Crippen molar-refractivity contribution in [1.82, 2.24) is 9.97 Å². The van der Waals surface area contributed by atoms with Gasteiger partial charge in [0.25, 0.3) is 10.0 Å². The lowest BCUT2D eigenvalue weighted by atomic mass is 10.3. The third-order valence-electron chi connectivity index (χ3n) is 3.63. The summed E-state index contributed by atoms with van der Waals surface area (Å²) in [6, 6.07) is 14.6. The van der Waals surface area contributed by atoms with Crippen molar-refractivity contribution in [3.63, 3.8) is 0 Å². The molecule has 8 nitrogen and oxygen atoms in total. The zero-order valence-electron chi connectivity index (χ0n) is 15.1. The molecule has 0 aliphatic heterocycles. The van der Waals surface area contributed by atoms with Crippen LogP contribution in [0, 0.1) is 0 Å². The maximum Gasteiger partial charge on any atom is 0.263 e. The number of methoxy groups -OCH3 is 1. The predicted molar refractivity (Wildman–Crippen MR) is 117 cm³/mol. The molecule has 29 heavy (non-hydrogen) atoms. The van der Waals surface area contributed by atoms with Crippen LogP contribution in [0.5, 0.6) is 5.88 Å². The second-order valence-electron chi connectivity index (χ2n) is 5.63. The van der Waals surface area contributed by atoms with Gasteiger partial charge in [0.2, 0.25) is 5.88 Å². The van der Waals surface area contributed by atoms with E-state index in [-0.39, 0.29) is 16.6 Å². The van der Waals surface area contributed by atoms with Gasteiger partial charge in [-0.1, -0.05) is 23.7 Å². The second-order valence-corrected chi connectivity index (χ2v) is 8.13. The minimum absolute atomic E-state index is 0.0608. The maximum absolute atomic E-state index is 12.5. The van der Waals surface area contributed by atoms with Crippen molar-refractivity contribution in [2.75, 3.05) is 22.5 Å². The Kier molecular flexibility index (Phi) is 6.47. The summed E-state index contributed by atoms with van der Waals surface area (Å²) < 4.78 is 32.4. The second kappa shape index (κ2) is 9.03. The molecule has 0 saturated carbocycles. The average molecular weight is 450 g/mol. The van der Waals surface area contributed by atoms with Crippen molar-refractivity contribution in [2.24, 2.45) is 0 Å². The lowest BCUT2D eigenvalue weighted by molar-refractivity contribution is 0.397. The van der Waals surface area contributed by atoms with Gasteiger partial charge in [0.05, 0.1) is 22.7 Å². The molecule has 2 aromatic carbocycles. The van der Waals surface area contributed by atoms with Crippen LogP contribution in [-0.2, 0) is 10.0 Å². The Bertz CT molecular complexity index is 1120. The Hall–Kier alpha value is -2.95. The van der Waals surface area contributed by atoms with E-state index in [0.717, 1.165) is 0 Å². The van der Waals surface area contributed by atoms with Gasteiger partial charge in [0.15, 0.2) is 5.11 Å². The Morgan fingerprint density at radius 2 is 1.79 bits per heavy atom. The van der Waals surface area contributed by atoms with Gasteiger partial charge in [-0.15, -0.1) is 0 Å². The molecule has 3 rings (SSSR count). The molecule has 0 atom stereocenters. The van der Waals surface area contributed by atoms with E-state index in [0.29, 0.717) is 21.5 Å². The quantitative estimate of drug-likeness (QED) is 0.488. The van der Waals surface area contributed by atoms with Crippen LogP contribution >= 0.6 is 23.8 Å². The molecule has 0 bridgehead atoms. The predicted octanol–water partition coefficient (Wildman–Crippen LogP) is 3.75. The van der Waals surface area contributed by atoms with Gasteiger partial charge in [0, 0.05) is 11.8 Å². The largest absolute Gasteiger partial charge is 0.481 e. The number of nitrogens with one attached hydrogen (secondary N) is 3. The molecule has 1 heterocycles. The van der Waals surface area contributed by atoms with Crippen molar-refractivity contribution < 1.29 is 13.2 Å². The van der Waals surface area contributed by atoms with Crippen LogP contribution in [0.3, 0.4) is 0 Å². The molecule has 1 aromatic heterocycles. The summed E-state index contributed by atoms with van der Waals surface area (Å²) in [5, 5.41) is 6.80. The fourth-order valence-electron chi connectivity index (χ4n) is 2.27. The number of para-hydroxylation sites is 1. The van der Waals surface area contributed by atoms with Crippen LogP contribution in [0.4, 0.5) is 17.2 Å². The normalized spacial score (nSPS) is 10.8. The van der Waals surface area contributed by atoms with Crippen molar-refractivity contribution in [1.29, 1.82) is 0 Å². The van der Waals surface area contributed by atoms with Gasteiger partial charge in [0.1, 0.15) is 12.1 Å². The Labute approximate surface area is 178 Å². The Balaban J connectivity index is 1.67. The van der Waals surface area contributed by atoms with Gasteiger partial charge in [-0.2, -0.15) is 0 Å². The molecular weight excluding hydrogens is 434 g/mol. The highest BCUT2D eigenvalue weighted by Crippen LogP contribution is 2.22. The van der Waals surface area contributed by atoms with Crippen molar-refractivity contribution in [3.8, 4) is 5.88 Å². The first kappa shape index (κ1) is 20.8. The standard InChI is InChI=1S/C18H16ClN5O3S2/c1-27-17-10-16(20-11-21-17)24-29(25,26)13-8-6-12(7-9-13)22-18(28)23-15-5-3-2-4-14(15)19/h2-11H,1H3,(H,20,21,24)(H2,22,23,28). The van der Waals surface area contributed by atoms with E-state index in [2.05, 4.69) is 25.3 Å². The molecule has 0 aliphatic carbocycles. The molecular formula is C18H16ClN5O3S2. The fourth-order valence-corrected chi connectivity index (χ4v) is 3.68. The van der Waals surface area contributed by atoms with Crippen molar-refractivity contribution in [2.45, 2.75) is 4.90 Å². The monoisotopic (exact) mass is 449 g/mol. The third kappa shape index (κ3) is 5.53. The minimum Gasteiger partial charge on any atom is -0.481 e. The zero-order chi connectivity index (χ0) is 20.9. The Morgan fingerprint density at radius 3 is 2.48 bits per heavy atom. The summed E-state index contributed by atoms with van der Waals surface area (Å²) in [7, 11) is -2.40. The van der Waals surface area contributed by atoms with Gasteiger partial charge in [-0.3, -0.25) is 4.72 Å². The number of aromatic nitrogens is 2. The molecule has 0 fully saturated rings. The van der Waals surface area contributed by atoms with E-state index in [1.807, 2.05) is 12.1 Å². The van der Waals surface area contributed by atoms with Gasteiger partial charge in [-0.05, 0) is 48.6 Å². The first-order chi connectivity index (χ1) is 13.9. The number of sulfonamides is 1. The number of nitrogens with zero attached hydrogens (tertiary/aromatic N) is 2.